The number of furan rings is 2. The molecular formula is C38H22O2. The normalized spacial score (nSPS) is 19.7. The van der Waals surface area contributed by atoms with Crippen molar-refractivity contribution in [3.63, 3.8) is 0 Å². The molecule has 0 aliphatic rings. The molecule has 0 atom stereocenters. The molecule has 9 rings (SSSR count). The molecule has 0 N–H and O–H groups in total. The molecule has 0 saturated carbocycles. The summed E-state index contributed by atoms with van der Waals surface area (Å²) in [5.74, 6) is 0. The van der Waals surface area contributed by atoms with Gasteiger partial charge >= 0.3 is 0 Å². The Kier molecular flexibility index (Phi) is 1.90. The Morgan fingerprint density at radius 3 is 1.05 bits per heavy atom. The van der Waals surface area contributed by atoms with Gasteiger partial charge in [-0.25, -0.2) is 0 Å². The maximum absolute atomic E-state index is 9.46. The lowest BCUT2D eigenvalue weighted by molar-refractivity contribution is 0.668. The molecule has 0 saturated heterocycles. The fraction of sp³-hybridized carbons (Fsp3) is 0. The maximum atomic E-state index is 9.46. The summed E-state index contributed by atoms with van der Waals surface area (Å²) in [6, 6.07) is -17.5. The first-order valence-electron chi connectivity index (χ1n) is 22.8. The average molecular weight is 533 g/mol. The van der Waals surface area contributed by atoms with Gasteiger partial charge in [0.15, 0.2) is 0 Å². The second-order valence-corrected chi connectivity index (χ2v) is 8.77. The fourth-order valence-electron chi connectivity index (χ4n) is 4.97. The largest absolute Gasteiger partial charge is 0.456 e. The van der Waals surface area contributed by atoms with E-state index in [1.54, 1.807) is 0 Å². The van der Waals surface area contributed by atoms with Crippen molar-refractivity contribution in [2.24, 2.45) is 0 Å². The average Bonchev–Trinajstić information content (AvgIpc) is 3.86. The van der Waals surface area contributed by atoms with Crippen LogP contribution in [-0.4, -0.2) is 0 Å². The zero-order chi connectivity index (χ0) is 45.4. The summed E-state index contributed by atoms with van der Waals surface area (Å²) in [5.41, 5.74) is -4.57. The Hall–Kier alpha value is -5.34. The highest BCUT2D eigenvalue weighted by Crippen LogP contribution is 2.45. The predicted octanol–water partition coefficient (Wildman–Crippen LogP) is 11.1. The minimum atomic E-state index is -0.901. The molecule has 0 radical (unpaired) electrons. The van der Waals surface area contributed by atoms with E-state index in [1.165, 1.54) is 0 Å². The number of rotatable bonds is 2. The highest BCUT2D eigenvalue weighted by Gasteiger charge is 2.18. The lowest BCUT2D eigenvalue weighted by Gasteiger charge is -2.17. The summed E-state index contributed by atoms with van der Waals surface area (Å²) < 4.78 is 206. The first kappa shape index (κ1) is 9.39. The summed E-state index contributed by atoms with van der Waals surface area (Å²) in [6.45, 7) is 0. The molecular weight excluding hydrogens is 488 g/mol. The monoisotopic (exact) mass is 532 g/mol. The predicted molar refractivity (Wildman–Crippen MR) is 167 cm³/mol. The van der Waals surface area contributed by atoms with Gasteiger partial charge < -0.3 is 8.83 Å². The van der Waals surface area contributed by atoms with Gasteiger partial charge in [-0.05, 0) is 80.1 Å². The zero-order valence-electron chi connectivity index (χ0n) is 41.8. The van der Waals surface area contributed by atoms with E-state index >= 15 is 0 Å². The maximum Gasteiger partial charge on any atom is 0.136 e. The molecule has 0 spiro atoms. The topological polar surface area (TPSA) is 26.3 Å². The zero-order valence-corrected chi connectivity index (χ0v) is 19.8. The van der Waals surface area contributed by atoms with Crippen molar-refractivity contribution in [1.82, 2.24) is 0 Å². The van der Waals surface area contributed by atoms with Gasteiger partial charge in [0, 0.05) is 21.5 Å². The number of benzene rings is 7. The first-order chi connectivity index (χ1) is 29.0. The third-order valence-corrected chi connectivity index (χ3v) is 6.65. The standard InChI is InChI=1S/C38H22O2/c1-2-12-30-29(11-1)37(23-17-19-27-25-9-5-7-15-33(25)39-35(27)21-23)31-13-3-4-14-32(31)38(30)24-18-20-28-26-10-6-8-16-34(26)40-36(28)22-24/h1-22H/i1D,2D,3D,4D,5D,6D,7D,8D,9D,10D,11D,12D,13D,14D,15D,16D,17D,18D,19D,20D,21D,22D. The molecule has 2 aromatic heterocycles. The van der Waals surface area contributed by atoms with Crippen LogP contribution in [-0.2, 0) is 0 Å². The van der Waals surface area contributed by atoms with Crippen LogP contribution >= 0.6 is 0 Å². The number of hydrogen-bond donors (Lipinski definition) is 0. The van der Waals surface area contributed by atoms with Crippen LogP contribution in [0.1, 0.15) is 30.2 Å². The molecule has 0 aliphatic heterocycles. The molecule has 186 valence electrons. The van der Waals surface area contributed by atoms with Gasteiger partial charge in [-0.1, -0.05) is 96.7 Å². The minimum Gasteiger partial charge on any atom is -0.456 e. The third-order valence-electron chi connectivity index (χ3n) is 6.65. The molecule has 0 aliphatic carbocycles. The minimum absolute atomic E-state index is 0.329. The first-order valence-corrected chi connectivity index (χ1v) is 11.8. The Bertz CT molecular complexity index is 3340. The number of hydrogen-bond acceptors (Lipinski definition) is 2. The van der Waals surface area contributed by atoms with Crippen LogP contribution in [0.25, 0.3) is 87.7 Å². The number of para-hydroxylation sites is 2. The smallest absolute Gasteiger partial charge is 0.136 e. The third kappa shape index (κ3) is 2.99. The van der Waals surface area contributed by atoms with Gasteiger partial charge in [-0.2, -0.15) is 0 Å². The number of fused-ring (bicyclic) bond motifs is 8. The van der Waals surface area contributed by atoms with Gasteiger partial charge in [0.1, 0.15) is 22.3 Å². The molecule has 0 amide bonds. The molecule has 2 heterocycles. The molecule has 40 heavy (non-hydrogen) atoms. The van der Waals surface area contributed by atoms with E-state index in [4.69, 9.17) is 28.0 Å². The molecule has 9 aromatic rings. The fourth-order valence-corrected chi connectivity index (χ4v) is 4.97. The molecule has 0 bridgehead atoms. The quantitative estimate of drug-likeness (QED) is 0.207. The van der Waals surface area contributed by atoms with E-state index in [-0.39, 0.29) is 21.5 Å². The van der Waals surface area contributed by atoms with Crippen LogP contribution in [0.5, 0.6) is 0 Å². The summed E-state index contributed by atoms with van der Waals surface area (Å²) in [7, 11) is 0. The van der Waals surface area contributed by atoms with Gasteiger partial charge in [0.2, 0.25) is 0 Å². The van der Waals surface area contributed by atoms with Crippen molar-refractivity contribution in [3.8, 4) is 22.3 Å². The lowest BCUT2D eigenvalue weighted by Crippen LogP contribution is -1.90. The second-order valence-electron chi connectivity index (χ2n) is 8.77. The van der Waals surface area contributed by atoms with Crippen molar-refractivity contribution < 1.29 is 39.0 Å². The highest BCUT2D eigenvalue weighted by molar-refractivity contribution is 6.22. The Labute approximate surface area is 260 Å². The van der Waals surface area contributed by atoms with Crippen LogP contribution in [0, 0.1) is 0 Å². The van der Waals surface area contributed by atoms with Crippen LogP contribution in [0.3, 0.4) is 0 Å². The van der Waals surface area contributed by atoms with Crippen LogP contribution < -0.4 is 0 Å². The highest BCUT2D eigenvalue weighted by atomic mass is 16.3. The summed E-state index contributed by atoms with van der Waals surface area (Å²) in [6.07, 6.45) is 0. The summed E-state index contributed by atoms with van der Waals surface area (Å²) >= 11 is 0. The molecule has 7 aromatic carbocycles. The van der Waals surface area contributed by atoms with Crippen LogP contribution in [0.15, 0.2) is 142 Å². The van der Waals surface area contributed by atoms with E-state index in [0.717, 1.165) is 0 Å². The van der Waals surface area contributed by atoms with Gasteiger partial charge in [-0.3, -0.25) is 0 Å². The molecule has 2 nitrogen and oxygen atoms in total. The molecule has 0 unspecified atom stereocenters. The molecule has 2 heteroatoms. The van der Waals surface area contributed by atoms with Crippen LogP contribution in [0.2, 0.25) is 0 Å². The summed E-state index contributed by atoms with van der Waals surface area (Å²) in [4.78, 5) is 0. The van der Waals surface area contributed by atoms with E-state index in [9.17, 15) is 11.0 Å². The van der Waals surface area contributed by atoms with Crippen molar-refractivity contribution in [1.29, 1.82) is 0 Å². The van der Waals surface area contributed by atoms with Gasteiger partial charge in [-0.15, -0.1) is 0 Å². The van der Waals surface area contributed by atoms with Crippen molar-refractivity contribution in [2.75, 3.05) is 0 Å². The van der Waals surface area contributed by atoms with Gasteiger partial charge in [0.25, 0.3) is 0 Å². The van der Waals surface area contributed by atoms with Crippen molar-refractivity contribution >= 4 is 65.4 Å². The van der Waals surface area contributed by atoms with E-state index in [2.05, 4.69) is 0 Å². The molecule has 0 fully saturated rings. The lowest BCUT2D eigenvalue weighted by atomic mass is 9.85. The van der Waals surface area contributed by atoms with E-state index in [0.29, 0.717) is 0 Å². The van der Waals surface area contributed by atoms with Crippen molar-refractivity contribution in [3.05, 3.63) is 133 Å². The second kappa shape index (κ2) is 8.08. The Balaban J connectivity index is 1.59. The van der Waals surface area contributed by atoms with E-state index < -0.39 is 199 Å². The van der Waals surface area contributed by atoms with Crippen LogP contribution in [0.4, 0.5) is 0 Å². The van der Waals surface area contributed by atoms with Gasteiger partial charge in [0.05, 0.1) is 30.2 Å². The van der Waals surface area contributed by atoms with Crippen molar-refractivity contribution in [2.45, 2.75) is 0 Å². The summed E-state index contributed by atoms with van der Waals surface area (Å²) in [5, 5.41) is -3.85. The van der Waals surface area contributed by atoms with E-state index in [1.807, 2.05) is 0 Å². The Morgan fingerprint density at radius 2 is 0.650 bits per heavy atom. The SMILES string of the molecule is [2H]c1c([2H])c([2H])c2c(oc3c([2H])c(-c4c5c([2H])c([2H])c([2H])c([2H])c5c(-c5c([2H])c([2H])c6c(oc7c([2H])c([2H])c([2H])c([2H])c76)c5[2H])c5c([2H])c([2H])c([2H])c([2H])c45)c([2H])c([2H])c32)c1[2H]. The Morgan fingerprint density at radius 1 is 0.325 bits per heavy atom.